The topological polar surface area (TPSA) is 49.8 Å². The van der Waals surface area contributed by atoms with Crippen molar-refractivity contribution in [1.29, 1.82) is 0 Å². The van der Waals surface area contributed by atoms with E-state index in [-0.39, 0.29) is 0 Å². The summed E-state index contributed by atoms with van der Waals surface area (Å²) in [6.07, 6.45) is 7.91. The zero-order valence-corrected chi connectivity index (χ0v) is 11.0. The van der Waals surface area contributed by atoms with Gasteiger partial charge in [-0.2, -0.15) is 0 Å². The summed E-state index contributed by atoms with van der Waals surface area (Å²) >= 11 is 0. The van der Waals surface area contributed by atoms with Crippen molar-refractivity contribution in [3.8, 4) is 0 Å². The van der Waals surface area contributed by atoms with Crippen molar-refractivity contribution in [3.63, 3.8) is 0 Å². The van der Waals surface area contributed by atoms with Crippen LogP contribution in [0.1, 0.15) is 44.9 Å². The molecule has 3 fully saturated rings. The highest BCUT2D eigenvalue weighted by atomic mass is 16.5. The highest BCUT2D eigenvalue weighted by Crippen LogP contribution is 2.44. The molecule has 2 heterocycles. The van der Waals surface area contributed by atoms with Crippen LogP contribution in [0.5, 0.6) is 0 Å². The fourth-order valence-electron chi connectivity index (χ4n) is 4.31. The second kappa shape index (κ2) is 4.82. The summed E-state index contributed by atoms with van der Waals surface area (Å²) in [7, 11) is 1.80. The van der Waals surface area contributed by atoms with Crippen molar-refractivity contribution in [2.75, 3.05) is 7.11 Å². The Hall–Kier alpha value is -0.610. The Morgan fingerprint density at radius 2 is 1.78 bits per heavy atom. The number of nitrogens with zero attached hydrogens (tertiary/aromatic N) is 1. The molecule has 2 atom stereocenters. The van der Waals surface area contributed by atoms with Crippen LogP contribution >= 0.6 is 0 Å². The van der Waals surface area contributed by atoms with Crippen LogP contribution in [0, 0.1) is 5.92 Å². The molecule has 0 radical (unpaired) electrons. The lowest BCUT2D eigenvalue weighted by molar-refractivity contribution is -0.139. The number of piperidine rings is 1. The van der Waals surface area contributed by atoms with Gasteiger partial charge in [0.25, 0.3) is 0 Å². The standard InChI is InChI=1S/C14H23NO3/c1-18-13-7-12(8-13)15-10-2-3-11(15)5-9(4-10)6-14(16)17/h9-13H,2-8H2,1H3,(H,16,17). The molecule has 18 heavy (non-hydrogen) atoms. The van der Waals surface area contributed by atoms with Gasteiger partial charge < -0.3 is 9.84 Å². The average molecular weight is 253 g/mol. The highest BCUT2D eigenvalue weighted by Gasteiger charge is 2.47. The number of carboxylic acid groups (broad SMARTS) is 1. The zero-order valence-electron chi connectivity index (χ0n) is 11.0. The lowest BCUT2D eigenvalue weighted by Gasteiger charge is -2.49. The molecule has 3 rings (SSSR count). The van der Waals surface area contributed by atoms with Gasteiger partial charge in [0.15, 0.2) is 0 Å². The summed E-state index contributed by atoms with van der Waals surface area (Å²) in [6.45, 7) is 0. The second-order valence-corrected chi connectivity index (χ2v) is 6.25. The van der Waals surface area contributed by atoms with Gasteiger partial charge >= 0.3 is 5.97 Å². The minimum Gasteiger partial charge on any atom is -0.481 e. The van der Waals surface area contributed by atoms with Gasteiger partial charge in [-0.1, -0.05) is 0 Å². The first-order chi connectivity index (χ1) is 8.67. The summed E-state index contributed by atoms with van der Waals surface area (Å²) in [4.78, 5) is 13.5. The summed E-state index contributed by atoms with van der Waals surface area (Å²) < 4.78 is 5.37. The molecule has 1 aliphatic carbocycles. The van der Waals surface area contributed by atoms with E-state index in [1.54, 1.807) is 7.11 Å². The highest BCUT2D eigenvalue weighted by molar-refractivity contribution is 5.67. The number of aliphatic carboxylic acids is 1. The van der Waals surface area contributed by atoms with Crippen molar-refractivity contribution >= 4 is 5.97 Å². The average Bonchev–Trinajstić information content (AvgIpc) is 2.51. The molecule has 3 aliphatic rings. The Balaban J connectivity index is 1.58. The number of hydrogen-bond donors (Lipinski definition) is 1. The van der Waals surface area contributed by atoms with Gasteiger partial charge in [-0.15, -0.1) is 0 Å². The molecular weight excluding hydrogens is 230 g/mol. The van der Waals surface area contributed by atoms with Gasteiger partial charge in [0.1, 0.15) is 0 Å². The van der Waals surface area contributed by atoms with Crippen LogP contribution in [0.2, 0.25) is 0 Å². The van der Waals surface area contributed by atoms with E-state index in [9.17, 15) is 4.79 Å². The Kier molecular flexibility index (Phi) is 3.32. The van der Waals surface area contributed by atoms with Crippen molar-refractivity contribution in [3.05, 3.63) is 0 Å². The van der Waals surface area contributed by atoms with Gasteiger partial charge in [0.05, 0.1) is 6.10 Å². The van der Waals surface area contributed by atoms with Crippen molar-refractivity contribution in [1.82, 2.24) is 4.90 Å². The number of carbonyl (C=O) groups is 1. The van der Waals surface area contributed by atoms with Crippen molar-refractivity contribution in [2.24, 2.45) is 5.92 Å². The molecule has 0 spiro atoms. The maximum Gasteiger partial charge on any atom is 0.303 e. The minimum absolute atomic E-state index is 0.367. The first kappa shape index (κ1) is 12.4. The van der Waals surface area contributed by atoms with Crippen molar-refractivity contribution < 1.29 is 14.6 Å². The predicted molar refractivity (Wildman–Crippen MR) is 67.4 cm³/mol. The largest absolute Gasteiger partial charge is 0.481 e. The first-order valence-electron chi connectivity index (χ1n) is 7.19. The van der Waals surface area contributed by atoms with E-state index in [4.69, 9.17) is 9.84 Å². The third-order valence-electron chi connectivity index (χ3n) is 5.18. The number of hydrogen-bond acceptors (Lipinski definition) is 3. The molecule has 0 amide bonds. The van der Waals surface area contributed by atoms with E-state index in [2.05, 4.69) is 4.90 Å². The van der Waals surface area contributed by atoms with Crippen LogP contribution < -0.4 is 0 Å². The number of fused-ring (bicyclic) bond motifs is 2. The summed E-state index contributed by atoms with van der Waals surface area (Å²) in [6, 6.07) is 2.00. The molecule has 0 aromatic heterocycles. The maximum atomic E-state index is 10.8. The fourth-order valence-corrected chi connectivity index (χ4v) is 4.31. The monoisotopic (exact) mass is 253 g/mol. The van der Waals surface area contributed by atoms with E-state index < -0.39 is 5.97 Å². The molecule has 2 aliphatic heterocycles. The molecule has 102 valence electrons. The predicted octanol–water partition coefficient (Wildman–Crippen LogP) is 1.88. The number of rotatable bonds is 4. The smallest absolute Gasteiger partial charge is 0.303 e. The number of carboxylic acids is 1. The van der Waals surface area contributed by atoms with Gasteiger partial charge in [-0.05, 0) is 44.4 Å². The second-order valence-electron chi connectivity index (χ2n) is 6.25. The normalized spacial score (nSPS) is 43.7. The van der Waals surface area contributed by atoms with Crippen LogP contribution in [0.25, 0.3) is 0 Å². The van der Waals surface area contributed by atoms with Crippen LogP contribution in [0.4, 0.5) is 0 Å². The first-order valence-corrected chi connectivity index (χ1v) is 7.19. The van der Waals surface area contributed by atoms with Gasteiger partial charge in [0, 0.05) is 31.7 Å². The van der Waals surface area contributed by atoms with Gasteiger partial charge in [-0.3, -0.25) is 9.69 Å². The van der Waals surface area contributed by atoms with E-state index in [1.165, 1.54) is 25.7 Å². The van der Waals surface area contributed by atoms with Gasteiger partial charge in [-0.25, -0.2) is 0 Å². The third kappa shape index (κ3) is 2.16. The number of ether oxygens (including phenoxy) is 1. The molecule has 2 bridgehead atoms. The zero-order chi connectivity index (χ0) is 12.7. The van der Waals surface area contributed by atoms with Crippen LogP contribution in [0.15, 0.2) is 0 Å². The lowest BCUT2D eigenvalue weighted by atomic mass is 9.81. The molecule has 4 heteroatoms. The van der Waals surface area contributed by atoms with Crippen LogP contribution in [-0.4, -0.2) is 47.3 Å². The molecule has 0 aromatic carbocycles. The third-order valence-corrected chi connectivity index (χ3v) is 5.18. The Bertz CT molecular complexity index is 313. The SMILES string of the molecule is COC1CC(N2C3CCC2CC(CC(=O)O)C3)C1. The van der Waals surface area contributed by atoms with E-state index in [1.807, 2.05) is 0 Å². The number of methoxy groups -OCH3 is 1. The molecule has 1 N–H and O–H groups in total. The lowest BCUT2D eigenvalue weighted by Crippen LogP contribution is -2.55. The maximum absolute atomic E-state index is 10.8. The van der Waals surface area contributed by atoms with Crippen LogP contribution in [0.3, 0.4) is 0 Å². The van der Waals surface area contributed by atoms with Crippen molar-refractivity contribution in [2.45, 2.75) is 69.2 Å². The molecule has 1 saturated carbocycles. The molecule has 2 unspecified atom stereocenters. The van der Waals surface area contributed by atoms with E-state index >= 15 is 0 Å². The summed E-state index contributed by atoms with van der Waals surface area (Å²) in [5, 5.41) is 8.93. The van der Waals surface area contributed by atoms with E-state index in [0.717, 1.165) is 12.8 Å². The van der Waals surface area contributed by atoms with E-state index in [0.29, 0.717) is 36.6 Å². The summed E-state index contributed by atoms with van der Waals surface area (Å²) in [5.74, 6) is -0.217. The van der Waals surface area contributed by atoms with Gasteiger partial charge in [0.2, 0.25) is 0 Å². The molecule has 4 nitrogen and oxygen atoms in total. The Morgan fingerprint density at radius 3 is 2.28 bits per heavy atom. The Labute approximate surface area is 108 Å². The fraction of sp³-hybridized carbons (Fsp3) is 0.929. The molecule has 2 saturated heterocycles. The Morgan fingerprint density at radius 1 is 1.17 bits per heavy atom. The summed E-state index contributed by atoms with van der Waals surface area (Å²) in [5.41, 5.74) is 0. The quantitative estimate of drug-likeness (QED) is 0.831. The molecule has 0 aromatic rings. The molecular formula is C14H23NO3. The van der Waals surface area contributed by atoms with Crippen LogP contribution in [-0.2, 0) is 9.53 Å². The minimum atomic E-state index is -0.629.